The topological polar surface area (TPSA) is 72.7 Å². The first-order chi connectivity index (χ1) is 11.5. The Balaban J connectivity index is 1.64. The van der Waals surface area contributed by atoms with Crippen LogP contribution in [0.2, 0.25) is 0 Å². The number of rotatable bonds is 5. The van der Waals surface area contributed by atoms with Crippen LogP contribution >= 0.6 is 11.8 Å². The highest BCUT2D eigenvalue weighted by Gasteiger charge is 2.24. The average Bonchev–Trinajstić information content (AvgIpc) is 3.21. The summed E-state index contributed by atoms with van der Waals surface area (Å²) in [7, 11) is 0. The molecule has 1 saturated carbocycles. The molecule has 1 aromatic carbocycles. The molecule has 9 heteroatoms. The Hall–Kier alpha value is -2.03. The quantitative estimate of drug-likeness (QED) is 0.836. The van der Waals surface area contributed by atoms with Gasteiger partial charge in [0.1, 0.15) is 0 Å². The molecule has 2 aromatic rings. The highest BCUT2D eigenvalue weighted by molar-refractivity contribution is 8.00. The summed E-state index contributed by atoms with van der Waals surface area (Å²) >= 11 is 1.25. The zero-order chi connectivity index (χ0) is 17.1. The molecule has 24 heavy (non-hydrogen) atoms. The first-order valence-corrected chi connectivity index (χ1v) is 8.63. The van der Waals surface area contributed by atoms with Gasteiger partial charge in [-0.05, 0) is 42.3 Å². The monoisotopic (exact) mass is 353 g/mol. The smallest absolute Gasteiger partial charge is 0.237 e. The maximum absolute atomic E-state index is 13.2. The number of hydrogen-bond donors (Lipinski definition) is 1. The van der Waals surface area contributed by atoms with Gasteiger partial charge < -0.3 is 5.32 Å². The Morgan fingerprint density at radius 3 is 2.79 bits per heavy atom. The van der Waals surface area contributed by atoms with E-state index in [-0.39, 0.29) is 17.6 Å². The lowest BCUT2D eigenvalue weighted by atomic mass is 10.3. The van der Waals surface area contributed by atoms with Crippen molar-refractivity contribution < 1.29 is 13.6 Å². The fourth-order valence-corrected chi connectivity index (χ4v) is 3.53. The number of hydrogen-bond acceptors (Lipinski definition) is 5. The zero-order valence-corrected chi connectivity index (χ0v) is 13.9. The molecule has 0 saturated heterocycles. The summed E-state index contributed by atoms with van der Waals surface area (Å²) in [6, 6.07) is 3.52. The molecule has 1 aromatic heterocycles. The molecular formula is C15H17F2N5OS. The van der Waals surface area contributed by atoms with E-state index in [1.807, 2.05) is 0 Å². The zero-order valence-electron chi connectivity index (χ0n) is 13.1. The lowest BCUT2D eigenvalue weighted by molar-refractivity contribution is -0.115. The Labute approximate surface area is 142 Å². The fraction of sp³-hybridized carbons (Fsp3) is 0.467. The maximum Gasteiger partial charge on any atom is 0.237 e. The second kappa shape index (κ2) is 7.25. The van der Waals surface area contributed by atoms with Gasteiger partial charge in [-0.2, -0.15) is 0 Å². The SMILES string of the molecule is CC(Sc1nnnn1C1CCCC1)C(=O)Nc1ccc(F)c(F)c1. The highest BCUT2D eigenvalue weighted by Crippen LogP contribution is 2.32. The van der Waals surface area contributed by atoms with E-state index in [1.165, 1.54) is 17.8 Å². The van der Waals surface area contributed by atoms with Gasteiger partial charge in [-0.25, -0.2) is 13.5 Å². The molecule has 1 unspecified atom stereocenters. The number of thioether (sulfide) groups is 1. The third-order valence-electron chi connectivity index (χ3n) is 3.97. The molecule has 3 rings (SSSR count). The molecule has 6 nitrogen and oxygen atoms in total. The number of anilines is 1. The molecule has 0 spiro atoms. The van der Waals surface area contributed by atoms with Crippen LogP contribution in [0.5, 0.6) is 0 Å². The number of benzene rings is 1. The van der Waals surface area contributed by atoms with Crippen LogP contribution in [0.3, 0.4) is 0 Å². The van der Waals surface area contributed by atoms with Crippen molar-refractivity contribution in [3.05, 3.63) is 29.8 Å². The van der Waals surface area contributed by atoms with Crippen LogP contribution in [0.15, 0.2) is 23.4 Å². The molecule has 0 aliphatic heterocycles. The van der Waals surface area contributed by atoms with Gasteiger partial charge in [0, 0.05) is 11.8 Å². The number of nitrogens with zero attached hydrogens (tertiary/aromatic N) is 4. The van der Waals surface area contributed by atoms with Crippen LogP contribution in [-0.4, -0.2) is 31.4 Å². The van der Waals surface area contributed by atoms with Gasteiger partial charge in [0.15, 0.2) is 11.6 Å². The lowest BCUT2D eigenvalue weighted by Crippen LogP contribution is -2.23. The van der Waals surface area contributed by atoms with Crippen molar-refractivity contribution in [2.75, 3.05) is 5.32 Å². The Morgan fingerprint density at radius 2 is 2.08 bits per heavy atom. The second-order valence-electron chi connectivity index (χ2n) is 5.72. The number of aromatic nitrogens is 4. The largest absolute Gasteiger partial charge is 0.325 e. The van der Waals surface area contributed by atoms with Crippen molar-refractivity contribution in [1.82, 2.24) is 20.2 Å². The third kappa shape index (κ3) is 3.72. The van der Waals surface area contributed by atoms with Gasteiger partial charge in [0.05, 0.1) is 11.3 Å². The summed E-state index contributed by atoms with van der Waals surface area (Å²) in [5.41, 5.74) is 0.210. The van der Waals surface area contributed by atoms with E-state index in [0.29, 0.717) is 5.16 Å². The fourth-order valence-electron chi connectivity index (χ4n) is 2.67. The van der Waals surface area contributed by atoms with Crippen LogP contribution in [0.1, 0.15) is 38.6 Å². The maximum atomic E-state index is 13.2. The Morgan fingerprint density at radius 1 is 1.33 bits per heavy atom. The summed E-state index contributed by atoms with van der Waals surface area (Å²) in [4.78, 5) is 12.2. The number of nitrogens with one attached hydrogen (secondary N) is 1. The minimum absolute atomic E-state index is 0.210. The molecule has 0 bridgehead atoms. The molecule has 128 valence electrons. The van der Waals surface area contributed by atoms with Gasteiger partial charge >= 0.3 is 0 Å². The molecule has 1 fully saturated rings. The number of halogens is 2. The molecular weight excluding hydrogens is 336 g/mol. The van der Waals surface area contributed by atoms with Crippen LogP contribution in [0.4, 0.5) is 14.5 Å². The van der Waals surface area contributed by atoms with E-state index in [4.69, 9.17) is 0 Å². The molecule has 1 amide bonds. The summed E-state index contributed by atoms with van der Waals surface area (Å²) < 4.78 is 27.9. The number of amides is 1. The van der Waals surface area contributed by atoms with Gasteiger partial charge in [-0.3, -0.25) is 4.79 Å². The van der Waals surface area contributed by atoms with Crippen LogP contribution in [0, 0.1) is 11.6 Å². The third-order valence-corrected chi connectivity index (χ3v) is 5.02. The Bertz CT molecular complexity index is 732. The molecule has 1 N–H and O–H groups in total. The minimum atomic E-state index is -1.00. The highest BCUT2D eigenvalue weighted by atomic mass is 32.2. The van der Waals surface area contributed by atoms with Crippen molar-refractivity contribution in [2.24, 2.45) is 0 Å². The minimum Gasteiger partial charge on any atom is -0.325 e. The first-order valence-electron chi connectivity index (χ1n) is 7.75. The van der Waals surface area contributed by atoms with Gasteiger partial charge in [0.2, 0.25) is 11.1 Å². The van der Waals surface area contributed by atoms with E-state index in [1.54, 1.807) is 11.6 Å². The lowest BCUT2D eigenvalue weighted by Gasteiger charge is -2.14. The first kappa shape index (κ1) is 16.8. The predicted molar refractivity (Wildman–Crippen MR) is 85.6 cm³/mol. The van der Waals surface area contributed by atoms with Crippen molar-refractivity contribution >= 4 is 23.4 Å². The summed E-state index contributed by atoms with van der Waals surface area (Å²) in [6.07, 6.45) is 4.38. The molecule has 1 heterocycles. The van der Waals surface area contributed by atoms with E-state index in [0.717, 1.165) is 37.8 Å². The average molecular weight is 353 g/mol. The van der Waals surface area contributed by atoms with Crippen molar-refractivity contribution in [2.45, 2.75) is 49.1 Å². The number of tetrazole rings is 1. The standard InChI is InChI=1S/C15H17F2N5OS/c1-9(14(23)18-10-6-7-12(16)13(17)8-10)24-15-19-20-21-22(15)11-4-2-3-5-11/h6-9,11H,2-5H2,1H3,(H,18,23). The van der Waals surface area contributed by atoms with E-state index in [9.17, 15) is 13.6 Å². The van der Waals surface area contributed by atoms with Crippen molar-refractivity contribution in [3.8, 4) is 0 Å². The molecule has 1 atom stereocenters. The molecule has 1 aliphatic rings. The van der Waals surface area contributed by atoms with E-state index in [2.05, 4.69) is 20.8 Å². The normalized spacial score (nSPS) is 16.3. The van der Waals surface area contributed by atoms with E-state index < -0.39 is 16.9 Å². The summed E-state index contributed by atoms with van der Waals surface area (Å²) in [5.74, 6) is -2.28. The summed E-state index contributed by atoms with van der Waals surface area (Å²) in [5, 5.41) is 14.4. The number of carbonyl (C=O) groups excluding carboxylic acids is 1. The van der Waals surface area contributed by atoms with Crippen LogP contribution < -0.4 is 5.32 Å². The van der Waals surface area contributed by atoms with Gasteiger partial charge in [-0.15, -0.1) is 5.10 Å². The Kier molecular flexibility index (Phi) is 5.08. The van der Waals surface area contributed by atoms with Gasteiger partial charge in [0.25, 0.3) is 0 Å². The number of carbonyl (C=O) groups is 1. The second-order valence-corrected chi connectivity index (χ2v) is 7.03. The summed E-state index contributed by atoms with van der Waals surface area (Å²) in [6.45, 7) is 1.72. The predicted octanol–water partition coefficient (Wildman–Crippen LogP) is 3.19. The molecule has 1 aliphatic carbocycles. The van der Waals surface area contributed by atoms with Crippen molar-refractivity contribution in [3.63, 3.8) is 0 Å². The van der Waals surface area contributed by atoms with Crippen LogP contribution in [0.25, 0.3) is 0 Å². The van der Waals surface area contributed by atoms with E-state index >= 15 is 0 Å². The van der Waals surface area contributed by atoms with Crippen LogP contribution in [-0.2, 0) is 4.79 Å². The van der Waals surface area contributed by atoms with Crippen molar-refractivity contribution in [1.29, 1.82) is 0 Å². The van der Waals surface area contributed by atoms with Gasteiger partial charge in [-0.1, -0.05) is 24.6 Å². The molecule has 0 radical (unpaired) electrons.